The molecule has 2 heterocycles. The van der Waals surface area contributed by atoms with Crippen LogP contribution in [0.2, 0.25) is 0 Å². The van der Waals surface area contributed by atoms with Crippen molar-refractivity contribution in [2.75, 3.05) is 37.5 Å². The van der Waals surface area contributed by atoms with E-state index in [-0.39, 0.29) is 11.1 Å². The van der Waals surface area contributed by atoms with Crippen LogP contribution in [-0.4, -0.2) is 67.3 Å². The van der Waals surface area contributed by atoms with Gasteiger partial charge in [-0.3, -0.25) is 4.90 Å². The molecule has 0 radical (unpaired) electrons. The van der Waals surface area contributed by atoms with E-state index in [0.717, 1.165) is 25.1 Å². The normalized spacial score (nSPS) is 35.9. The van der Waals surface area contributed by atoms with Crippen molar-refractivity contribution >= 4 is 21.6 Å². The van der Waals surface area contributed by atoms with Crippen LogP contribution in [0, 0.1) is 0 Å². The smallest absolute Gasteiger partial charge is 0.164 e. The van der Waals surface area contributed by atoms with Gasteiger partial charge in [0.1, 0.15) is 5.37 Å². The summed E-state index contributed by atoms with van der Waals surface area (Å²) in [6.45, 7) is 6.03. The molecule has 2 unspecified atom stereocenters. The monoisotopic (exact) mass is 322 g/mol. The predicted molar refractivity (Wildman–Crippen MR) is 83.7 cm³/mol. The van der Waals surface area contributed by atoms with Crippen molar-refractivity contribution in [3.63, 3.8) is 0 Å². The zero-order chi connectivity index (χ0) is 15.0. The topological polar surface area (TPSA) is 72.6 Å². The maximum Gasteiger partial charge on any atom is 0.164 e. The van der Waals surface area contributed by atoms with Gasteiger partial charge in [-0.1, -0.05) is 0 Å². The molecule has 0 aromatic heterocycles. The molecule has 2 aliphatic rings. The van der Waals surface area contributed by atoms with Gasteiger partial charge >= 0.3 is 0 Å². The maximum atomic E-state index is 12.1. The minimum absolute atomic E-state index is 0.246. The van der Waals surface area contributed by atoms with E-state index in [4.69, 9.17) is 10.5 Å². The summed E-state index contributed by atoms with van der Waals surface area (Å²) < 4.78 is 30.1. The number of nitrogens with two attached hydrogens (primary N) is 1. The number of rotatable bonds is 3. The number of hydrogen-bond acceptors (Lipinski definition) is 6. The number of nitrogens with zero attached hydrogens (tertiary/aromatic N) is 1. The first-order chi connectivity index (χ1) is 9.20. The van der Waals surface area contributed by atoms with Gasteiger partial charge in [-0.15, -0.1) is 0 Å². The highest BCUT2D eigenvalue weighted by atomic mass is 32.2. The molecule has 2 atom stereocenters. The summed E-state index contributed by atoms with van der Waals surface area (Å²) >= 11 is 1.71. The lowest BCUT2D eigenvalue weighted by atomic mass is 9.79. The minimum atomic E-state index is -3.10. The van der Waals surface area contributed by atoms with E-state index in [1.807, 2.05) is 0 Å². The van der Waals surface area contributed by atoms with Gasteiger partial charge < -0.3 is 10.5 Å². The average Bonchev–Trinajstić information content (AvgIpc) is 2.36. The van der Waals surface area contributed by atoms with Crippen molar-refractivity contribution in [2.24, 2.45) is 5.73 Å². The summed E-state index contributed by atoms with van der Waals surface area (Å²) in [6.07, 6.45) is 2.93. The highest BCUT2D eigenvalue weighted by Crippen LogP contribution is 2.39. The number of thioether (sulfide) groups is 1. The van der Waals surface area contributed by atoms with Gasteiger partial charge in [0.15, 0.2) is 9.84 Å². The van der Waals surface area contributed by atoms with Crippen molar-refractivity contribution in [3.05, 3.63) is 0 Å². The van der Waals surface area contributed by atoms with Crippen LogP contribution in [0.5, 0.6) is 0 Å². The Morgan fingerprint density at radius 2 is 2.15 bits per heavy atom. The largest absolute Gasteiger partial charge is 0.375 e. The lowest BCUT2D eigenvalue weighted by molar-refractivity contribution is -0.119. The van der Waals surface area contributed by atoms with Crippen LogP contribution in [0.3, 0.4) is 0 Å². The van der Waals surface area contributed by atoms with E-state index >= 15 is 0 Å². The molecule has 7 heteroatoms. The molecule has 2 saturated heterocycles. The molecule has 2 fully saturated rings. The quantitative estimate of drug-likeness (QED) is 0.824. The third kappa shape index (κ3) is 3.32. The predicted octanol–water partition coefficient (Wildman–Crippen LogP) is 0.692. The van der Waals surface area contributed by atoms with Crippen LogP contribution in [0.1, 0.15) is 26.7 Å². The first-order valence-corrected chi connectivity index (χ1v) is 10.2. The van der Waals surface area contributed by atoms with Gasteiger partial charge in [0, 0.05) is 43.0 Å². The molecular weight excluding hydrogens is 296 g/mol. The second-order valence-electron chi connectivity index (χ2n) is 6.52. The Balaban J connectivity index is 2.33. The van der Waals surface area contributed by atoms with Gasteiger partial charge in [-0.25, -0.2) is 8.42 Å². The minimum Gasteiger partial charge on any atom is -0.375 e. The molecule has 2 aliphatic heterocycles. The molecule has 0 spiro atoms. The number of hydrogen-bond donors (Lipinski definition) is 1. The molecule has 5 nitrogen and oxygen atoms in total. The lowest BCUT2D eigenvalue weighted by Crippen LogP contribution is -2.66. The van der Waals surface area contributed by atoms with E-state index in [0.29, 0.717) is 18.9 Å². The molecule has 0 aromatic rings. The summed E-state index contributed by atoms with van der Waals surface area (Å²) in [4.78, 5) is 2.16. The van der Waals surface area contributed by atoms with Gasteiger partial charge in [0.05, 0.1) is 5.60 Å². The van der Waals surface area contributed by atoms with Crippen molar-refractivity contribution in [2.45, 2.75) is 43.2 Å². The summed E-state index contributed by atoms with van der Waals surface area (Å²) in [6, 6.07) is 0. The number of ether oxygens (including phenoxy) is 1. The van der Waals surface area contributed by atoms with Crippen molar-refractivity contribution in [1.82, 2.24) is 4.90 Å². The average molecular weight is 322 g/mol. The van der Waals surface area contributed by atoms with Crippen molar-refractivity contribution in [3.8, 4) is 0 Å². The summed E-state index contributed by atoms with van der Waals surface area (Å²) in [7, 11) is -3.10. The Bertz CT molecular complexity index is 453. The van der Waals surface area contributed by atoms with Crippen LogP contribution in [-0.2, 0) is 14.6 Å². The van der Waals surface area contributed by atoms with E-state index in [9.17, 15) is 8.42 Å². The first-order valence-electron chi connectivity index (χ1n) is 7.08. The van der Waals surface area contributed by atoms with Crippen molar-refractivity contribution in [1.29, 1.82) is 0 Å². The Morgan fingerprint density at radius 3 is 2.70 bits per heavy atom. The van der Waals surface area contributed by atoms with Crippen LogP contribution in [0.4, 0.5) is 0 Å². The fraction of sp³-hybridized carbons (Fsp3) is 1.00. The van der Waals surface area contributed by atoms with Crippen molar-refractivity contribution < 1.29 is 13.2 Å². The molecular formula is C13H26N2O3S2. The van der Waals surface area contributed by atoms with Gasteiger partial charge in [0.25, 0.3) is 0 Å². The first kappa shape index (κ1) is 16.5. The SMILES string of the molecule is CC1(C)CC(CN)(N2CCSCC2S(C)(=O)=O)CCO1. The zero-order valence-corrected chi connectivity index (χ0v) is 14.2. The van der Waals surface area contributed by atoms with Crippen LogP contribution in [0.25, 0.3) is 0 Å². The van der Waals surface area contributed by atoms with E-state index in [1.54, 1.807) is 11.8 Å². The molecule has 118 valence electrons. The zero-order valence-electron chi connectivity index (χ0n) is 12.6. The highest BCUT2D eigenvalue weighted by Gasteiger charge is 2.49. The Morgan fingerprint density at radius 1 is 1.45 bits per heavy atom. The van der Waals surface area contributed by atoms with E-state index < -0.39 is 15.2 Å². The number of sulfone groups is 1. The van der Waals surface area contributed by atoms with E-state index in [2.05, 4.69) is 18.7 Å². The molecule has 0 aliphatic carbocycles. The van der Waals surface area contributed by atoms with Crippen LogP contribution < -0.4 is 5.73 Å². The summed E-state index contributed by atoms with van der Waals surface area (Å²) in [5, 5.41) is -0.418. The fourth-order valence-electron chi connectivity index (χ4n) is 3.46. The molecule has 0 amide bonds. The maximum absolute atomic E-state index is 12.1. The van der Waals surface area contributed by atoms with Crippen LogP contribution in [0.15, 0.2) is 0 Å². The van der Waals surface area contributed by atoms with Crippen LogP contribution >= 0.6 is 11.8 Å². The standard InChI is InChI=1S/C13H26N2O3S2/c1-12(2)9-13(10-14,4-6-18-12)15-5-7-19-8-11(15)20(3,16)17/h11H,4-10,14H2,1-3H3. The molecule has 0 bridgehead atoms. The molecule has 0 saturated carbocycles. The summed E-state index contributed by atoms with van der Waals surface area (Å²) in [5.74, 6) is 1.61. The second kappa shape index (κ2) is 5.76. The van der Waals surface area contributed by atoms with Gasteiger partial charge in [-0.2, -0.15) is 11.8 Å². The molecule has 20 heavy (non-hydrogen) atoms. The second-order valence-corrected chi connectivity index (χ2v) is 9.87. The molecule has 2 rings (SSSR count). The Kier molecular flexibility index (Phi) is 4.76. The third-order valence-corrected chi connectivity index (χ3v) is 7.03. The molecule has 2 N–H and O–H groups in total. The molecule has 0 aromatic carbocycles. The lowest BCUT2D eigenvalue weighted by Gasteiger charge is -2.53. The summed E-state index contributed by atoms with van der Waals surface area (Å²) in [5.41, 5.74) is 5.60. The third-order valence-electron chi connectivity index (χ3n) is 4.38. The van der Waals surface area contributed by atoms with E-state index in [1.165, 1.54) is 6.26 Å². The van der Waals surface area contributed by atoms with Gasteiger partial charge in [-0.05, 0) is 26.7 Å². The highest BCUT2D eigenvalue weighted by molar-refractivity contribution is 8.00. The Labute approximate surface area is 126 Å². The fourth-order valence-corrected chi connectivity index (χ4v) is 6.41. The Hall–Kier alpha value is 0.180. The van der Waals surface area contributed by atoms with Gasteiger partial charge in [0.2, 0.25) is 0 Å².